The molecule has 0 saturated carbocycles. The Morgan fingerprint density at radius 3 is 2.61 bits per heavy atom. The summed E-state index contributed by atoms with van der Waals surface area (Å²) in [4.78, 5) is 28.6. The molecule has 0 bridgehead atoms. The molecule has 1 aliphatic rings. The van der Waals surface area contributed by atoms with E-state index in [2.05, 4.69) is 10.3 Å². The third-order valence-electron chi connectivity index (χ3n) is 4.05. The van der Waals surface area contributed by atoms with Gasteiger partial charge in [-0.25, -0.2) is 14.6 Å². The predicted octanol–water partition coefficient (Wildman–Crippen LogP) is 3.37. The fourth-order valence-corrected chi connectivity index (χ4v) is 2.95. The molecule has 0 spiro atoms. The second kappa shape index (κ2) is 8.75. The number of hydrogen-bond acceptors (Lipinski definition) is 5. The average molecular weight is 402 g/mol. The molecular formula is C20H20ClN3O4. The Morgan fingerprint density at radius 2 is 1.93 bits per heavy atom. The number of fused-ring (bicyclic) bond motifs is 2. The first-order valence-electron chi connectivity index (χ1n) is 8.86. The zero-order valence-corrected chi connectivity index (χ0v) is 16.3. The summed E-state index contributed by atoms with van der Waals surface area (Å²) in [6.07, 6.45) is 3.10. The van der Waals surface area contributed by atoms with Crippen LogP contribution < -0.4 is 5.32 Å². The normalized spacial score (nSPS) is 13.6. The number of nitrogens with zero attached hydrogens (tertiary/aromatic N) is 2. The van der Waals surface area contributed by atoms with Gasteiger partial charge in [0.15, 0.2) is 11.4 Å². The van der Waals surface area contributed by atoms with Crippen LogP contribution in [0.2, 0.25) is 5.02 Å². The fraction of sp³-hybridized carbons (Fsp3) is 0.250. The van der Waals surface area contributed by atoms with Crippen LogP contribution >= 0.6 is 11.6 Å². The van der Waals surface area contributed by atoms with Crippen molar-refractivity contribution >= 4 is 35.1 Å². The van der Waals surface area contributed by atoms with Crippen LogP contribution in [-0.4, -0.2) is 35.6 Å². The molecule has 0 fully saturated rings. The first kappa shape index (κ1) is 19.7. The number of amidine groups is 1. The zero-order valence-electron chi connectivity index (χ0n) is 15.6. The van der Waals surface area contributed by atoms with Crippen LogP contribution in [0.15, 0.2) is 53.3 Å². The number of esters is 2. The van der Waals surface area contributed by atoms with Crippen LogP contribution in [0.25, 0.3) is 0 Å². The van der Waals surface area contributed by atoms with Gasteiger partial charge in [0.25, 0.3) is 0 Å². The van der Waals surface area contributed by atoms with E-state index in [1.165, 1.54) is 6.20 Å². The van der Waals surface area contributed by atoms with Crippen molar-refractivity contribution in [2.24, 2.45) is 4.99 Å². The van der Waals surface area contributed by atoms with Crippen molar-refractivity contribution in [3.63, 3.8) is 0 Å². The molecular weight excluding hydrogens is 382 g/mol. The third-order valence-corrected chi connectivity index (χ3v) is 4.29. The summed E-state index contributed by atoms with van der Waals surface area (Å²) >= 11 is 6.12. The van der Waals surface area contributed by atoms with Crippen molar-refractivity contribution in [3.05, 3.63) is 64.6 Å². The Morgan fingerprint density at radius 1 is 1.21 bits per heavy atom. The highest BCUT2D eigenvalue weighted by Crippen LogP contribution is 2.26. The number of carbonyl (C=O) groups is 2. The van der Waals surface area contributed by atoms with E-state index < -0.39 is 11.9 Å². The lowest BCUT2D eigenvalue weighted by Crippen LogP contribution is -2.19. The highest BCUT2D eigenvalue weighted by atomic mass is 35.5. The lowest BCUT2D eigenvalue weighted by Gasteiger charge is -2.09. The number of aliphatic imine (C=N–C) groups is 1. The Labute approximate surface area is 167 Å². The molecule has 1 N–H and O–H groups in total. The molecule has 28 heavy (non-hydrogen) atoms. The first-order chi connectivity index (χ1) is 13.5. The van der Waals surface area contributed by atoms with Gasteiger partial charge in [-0.05, 0) is 43.7 Å². The summed E-state index contributed by atoms with van der Waals surface area (Å²) in [5, 5.41) is 3.83. The smallest absolute Gasteiger partial charge is 0.347 e. The highest BCUT2D eigenvalue weighted by Gasteiger charge is 2.22. The van der Waals surface area contributed by atoms with Crippen LogP contribution in [0.3, 0.4) is 0 Å². The van der Waals surface area contributed by atoms with Crippen LogP contribution in [-0.2, 0) is 25.6 Å². The number of benzene rings is 1. The molecule has 0 amide bonds. The maximum Gasteiger partial charge on any atom is 0.347 e. The Balaban J connectivity index is 2.03. The van der Waals surface area contributed by atoms with Gasteiger partial charge in [0.05, 0.1) is 25.1 Å². The predicted molar refractivity (Wildman–Crippen MR) is 106 cm³/mol. The Hall–Kier alpha value is -3.06. The van der Waals surface area contributed by atoms with E-state index >= 15 is 0 Å². The molecule has 3 rings (SSSR count). The zero-order chi connectivity index (χ0) is 20.1. The molecule has 8 heteroatoms. The SMILES string of the molecule is CCOC(=O)C(=CN=C1Nc2cc(Cl)ccc2Cn2cccc21)C(=O)OCC. The number of ether oxygens (including phenoxy) is 2. The van der Waals surface area contributed by atoms with Gasteiger partial charge in [-0.2, -0.15) is 0 Å². The molecule has 0 saturated heterocycles. The van der Waals surface area contributed by atoms with E-state index in [-0.39, 0.29) is 18.8 Å². The van der Waals surface area contributed by atoms with E-state index in [0.717, 1.165) is 16.9 Å². The van der Waals surface area contributed by atoms with Gasteiger partial charge in [-0.15, -0.1) is 0 Å². The second-order valence-corrected chi connectivity index (χ2v) is 6.35. The minimum atomic E-state index is -0.780. The lowest BCUT2D eigenvalue weighted by molar-refractivity contribution is -0.146. The van der Waals surface area contributed by atoms with Crippen molar-refractivity contribution in [1.29, 1.82) is 0 Å². The first-order valence-corrected chi connectivity index (χ1v) is 9.24. The number of carbonyl (C=O) groups excluding carboxylic acids is 2. The molecule has 0 atom stereocenters. The quantitative estimate of drug-likeness (QED) is 0.359. The van der Waals surface area contributed by atoms with Crippen LogP contribution in [0.4, 0.5) is 5.69 Å². The standard InChI is InChI=1S/C20H20ClN3O4/c1-3-27-19(25)15(20(26)28-4-2)11-22-18-17-6-5-9-24(17)12-13-7-8-14(21)10-16(13)23-18/h5-11H,3-4,12H2,1-2H3,(H,22,23). The van der Waals surface area contributed by atoms with Crippen molar-refractivity contribution in [3.8, 4) is 0 Å². The van der Waals surface area contributed by atoms with Crippen molar-refractivity contribution in [2.45, 2.75) is 20.4 Å². The molecule has 2 aromatic rings. The number of nitrogens with one attached hydrogen (secondary N) is 1. The molecule has 1 aliphatic heterocycles. The molecule has 0 radical (unpaired) electrons. The second-order valence-electron chi connectivity index (χ2n) is 5.91. The Bertz CT molecular complexity index is 942. The van der Waals surface area contributed by atoms with Crippen LogP contribution in [0, 0.1) is 0 Å². The summed E-state index contributed by atoms with van der Waals surface area (Å²) in [5.41, 5.74) is 2.37. The Kier molecular flexibility index (Phi) is 6.16. The monoisotopic (exact) mass is 401 g/mol. The van der Waals surface area contributed by atoms with E-state index in [1.54, 1.807) is 19.9 Å². The van der Waals surface area contributed by atoms with Gasteiger partial charge in [-0.1, -0.05) is 17.7 Å². The largest absolute Gasteiger partial charge is 0.462 e. The number of halogens is 1. The summed E-state index contributed by atoms with van der Waals surface area (Å²) in [6, 6.07) is 9.36. The van der Waals surface area contributed by atoms with Crippen molar-refractivity contribution in [1.82, 2.24) is 4.57 Å². The average Bonchev–Trinajstić information content (AvgIpc) is 3.06. The summed E-state index contributed by atoms with van der Waals surface area (Å²) in [5.74, 6) is -1.09. The van der Waals surface area contributed by atoms with Crippen molar-refractivity contribution < 1.29 is 19.1 Å². The molecule has 0 aliphatic carbocycles. The van der Waals surface area contributed by atoms with Gasteiger partial charge < -0.3 is 19.4 Å². The molecule has 7 nitrogen and oxygen atoms in total. The van der Waals surface area contributed by atoms with Gasteiger partial charge in [0.2, 0.25) is 0 Å². The highest BCUT2D eigenvalue weighted by molar-refractivity contribution is 6.31. The maximum atomic E-state index is 12.1. The molecule has 2 heterocycles. The number of rotatable bonds is 5. The van der Waals surface area contributed by atoms with E-state index in [4.69, 9.17) is 21.1 Å². The van der Waals surface area contributed by atoms with Crippen LogP contribution in [0.1, 0.15) is 25.1 Å². The van der Waals surface area contributed by atoms with E-state index in [0.29, 0.717) is 17.4 Å². The van der Waals surface area contributed by atoms with Gasteiger partial charge in [-0.3, -0.25) is 0 Å². The summed E-state index contributed by atoms with van der Waals surface area (Å²) in [7, 11) is 0. The van der Waals surface area contributed by atoms with Gasteiger partial charge >= 0.3 is 11.9 Å². The number of aromatic nitrogens is 1. The molecule has 146 valence electrons. The molecule has 1 aromatic heterocycles. The molecule has 1 aromatic carbocycles. The van der Waals surface area contributed by atoms with E-state index in [1.807, 2.05) is 35.0 Å². The molecule has 0 unspecified atom stereocenters. The summed E-state index contributed by atoms with van der Waals surface area (Å²) < 4.78 is 11.9. The topological polar surface area (TPSA) is 81.9 Å². The minimum absolute atomic E-state index is 0.138. The lowest BCUT2D eigenvalue weighted by atomic mass is 10.2. The van der Waals surface area contributed by atoms with Crippen molar-refractivity contribution in [2.75, 3.05) is 18.5 Å². The fourth-order valence-electron chi connectivity index (χ4n) is 2.78. The minimum Gasteiger partial charge on any atom is -0.462 e. The number of anilines is 1. The number of hydrogen-bond donors (Lipinski definition) is 1. The van der Waals surface area contributed by atoms with Gasteiger partial charge in [0.1, 0.15) is 0 Å². The summed E-state index contributed by atoms with van der Waals surface area (Å²) in [6.45, 7) is 4.23. The van der Waals surface area contributed by atoms with E-state index in [9.17, 15) is 9.59 Å². The third kappa shape index (κ3) is 4.26. The van der Waals surface area contributed by atoms with Crippen LogP contribution in [0.5, 0.6) is 0 Å². The van der Waals surface area contributed by atoms with Gasteiger partial charge in [0, 0.05) is 23.5 Å². The maximum absolute atomic E-state index is 12.1.